The van der Waals surface area contributed by atoms with Crippen molar-refractivity contribution in [2.24, 2.45) is 0 Å². The van der Waals surface area contributed by atoms with Crippen LogP contribution in [0.2, 0.25) is 0 Å². The summed E-state index contributed by atoms with van der Waals surface area (Å²) in [5.74, 6) is -0.0548. The van der Waals surface area contributed by atoms with Gasteiger partial charge in [-0.15, -0.1) is 0 Å². The molecule has 0 aliphatic heterocycles. The summed E-state index contributed by atoms with van der Waals surface area (Å²) in [4.78, 5) is 24.5. The van der Waals surface area contributed by atoms with E-state index in [0.29, 0.717) is 25.9 Å². The van der Waals surface area contributed by atoms with E-state index in [0.717, 1.165) is 57.8 Å². The van der Waals surface area contributed by atoms with Gasteiger partial charge < -0.3 is 20.3 Å². The van der Waals surface area contributed by atoms with Crippen LogP contribution in [0.5, 0.6) is 0 Å². The summed E-state index contributed by atoms with van der Waals surface area (Å²) in [6.07, 6.45) is 73.3. The van der Waals surface area contributed by atoms with Crippen molar-refractivity contribution in [3.63, 3.8) is 0 Å². The van der Waals surface area contributed by atoms with E-state index < -0.39 is 12.1 Å². The Morgan fingerprint density at radius 1 is 0.386 bits per heavy atom. The van der Waals surface area contributed by atoms with Crippen molar-refractivity contribution < 1.29 is 24.5 Å². The third-order valence-electron chi connectivity index (χ3n) is 14.7. The second-order valence-corrected chi connectivity index (χ2v) is 21.7. The van der Waals surface area contributed by atoms with Gasteiger partial charge in [-0.3, -0.25) is 9.59 Å². The molecule has 414 valence electrons. The lowest BCUT2D eigenvalue weighted by Gasteiger charge is -2.22. The average molecular weight is 987 g/mol. The molecule has 0 radical (unpaired) electrons. The van der Waals surface area contributed by atoms with E-state index in [4.69, 9.17) is 4.74 Å². The maximum Gasteiger partial charge on any atom is 0.305 e. The number of carbonyl (C=O) groups is 2. The number of unbranched alkanes of at least 4 members (excludes halogenated alkanes) is 44. The molecule has 0 spiro atoms. The molecule has 2 atom stereocenters. The first-order valence-corrected chi connectivity index (χ1v) is 31.6. The van der Waals surface area contributed by atoms with Crippen molar-refractivity contribution in [3.05, 3.63) is 24.3 Å². The molecule has 0 heterocycles. The fraction of sp³-hybridized carbons (Fsp3) is 0.906. The van der Waals surface area contributed by atoms with Crippen molar-refractivity contribution in [1.82, 2.24) is 5.32 Å². The molecule has 0 saturated heterocycles. The van der Waals surface area contributed by atoms with E-state index in [2.05, 4.69) is 43.5 Å². The fourth-order valence-electron chi connectivity index (χ4n) is 9.87. The summed E-state index contributed by atoms with van der Waals surface area (Å²) >= 11 is 0. The van der Waals surface area contributed by atoms with Crippen LogP contribution in [0.1, 0.15) is 348 Å². The van der Waals surface area contributed by atoms with E-state index in [1.165, 1.54) is 257 Å². The van der Waals surface area contributed by atoms with Crippen molar-refractivity contribution in [3.8, 4) is 0 Å². The fourth-order valence-corrected chi connectivity index (χ4v) is 9.87. The molecule has 0 fully saturated rings. The number of hydrogen-bond donors (Lipinski definition) is 3. The normalized spacial score (nSPS) is 12.7. The molecule has 0 aliphatic rings. The molecule has 0 aromatic rings. The molecule has 0 aliphatic carbocycles. The second-order valence-electron chi connectivity index (χ2n) is 21.7. The standard InChI is InChI=1S/C64H123NO5/c1-3-5-7-9-11-13-15-17-18-19-20-21-22-23-24-25-27-30-33-36-40-44-48-52-56-62(67)61(60-66)65-63(68)57-53-49-45-41-37-34-31-28-26-29-32-35-39-43-47-51-55-59-70-64(69)58-54-50-46-42-38-16-14-12-10-8-6-4-2/h12,14,26,29,61-62,66-67H,3-11,13,15-25,27-28,30-60H2,1-2H3,(H,65,68)/b14-12-,29-26-. The summed E-state index contributed by atoms with van der Waals surface area (Å²) in [6, 6.07) is -0.552. The molecule has 2 unspecified atom stereocenters. The molecule has 0 bridgehead atoms. The van der Waals surface area contributed by atoms with Crippen LogP contribution in [0.3, 0.4) is 0 Å². The lowest BCUT2D eigenvalue weighted by Crippen LogP contribution is -2.45. The van der Waals surface area contributed by atoms with Crippen LogP contribution in [0.15, 0.2) is 24.3 Å². The molecular formula is C64H123NO5. The Morgan fingerprint density at radius 2 is 0.671 bits per heavy atom. The lowest BCUT2D eigenvalue weighted by molar-refractivity contribution is -0.143. The van der Waals surface area contributed by atoms with Gasteiger partial charge in [-0.05, 0) is 77.0 Å². The van der Waals surface area contributed by atoms with E-state index in [-0.39, 0.29) is 18.5 Å². The summed E-state index contributed by atoms with van der Waals surface area (Å²) in [5, 5.41) is 23.4. The Kier molecular flexibility index (Phi) is 58.5. The Hall–Kier alpha value is -1.66. The molecule has 1 amide bonds. The zero-order chi connectivity index (χ0) is 50.7. The third-order valence-corrected chi connectivity index (χ3v) is 14.7. The molecule has 6 heteroatoms. The monoisotopic (exact) mass is 986 g/mol. The zero-order valence-corrected chi connectivity index (χ0v) is 47.3. The van der Waals surface area contributed by atoms with Gasteiger partial charge in [-0.2, -0.15) is 0 Å². The first-order chi connectivity index (χ1) is 34.5. The molecular weight excluding hydrogens is 863 g/mol. The molecule has 0 aromatic heterocycles. The number of allylic oxidation sites excluding steroid dienone is 4. The van der Waals surface area contributed by atoms with Gasteiger partial charge in [-0.1, -0.05) is 282 Å². The van der Waals surface area contributed by atoms with Gasteiger partial charge in [0.2, 0.25) is 5.91 Å². The average Bonchev–Trinajstić information content (AvgIpc) is 3.36. The van der Waals surface area contributed by atoms with Gasteiger partial charge in [0.05, 0.1) is 25.4 Å². The number of aliphatic hydroxyl groups is 2. The predicted octanol–water partition coefficient (Wildman–Crippen LogP) is 19.8. The minimum absolute atomic E-state index is 0.0112. The Balaban J connectivity index is 3.45. The maximum absolute atomic E-state index is 12.5. The highest BCUT2D eigenvalue weighted by molar-refractivity contribution is 5.76. The van der Waals surface area contributed by atoms with Crippen LogP contribution in [0, 0.1) is 0 Å². The quantitative estimate of drug-likeness (QED) is 0.0321. The van der Waals surface area contributed by atoms with Crippen LogP contribution in [0.25, 0.3) is 0 Å². The first kappa shape index (κ1) is 68.3. The molecule has 0 rings (SSSR count). The van der Waals surface area contributed by atoms with Crippen molar-refractivity contribution in [2.45, 2.75) is 360 Å². The SMILES string of the molecule is CCCCC/C=C\CCCCCCCC(=O)OCCCCCCCC/C=C\CCCCCCCCCC(=O)NC(CO)C(O)CCCCCCCCCCCCCCCCCCCCCCCCCC. The highest BCUT2D eigenvalue weighted by atomic mass is 16.5. The minimum Gasteiger partial charge on any atom is -0.466 e. The van der Waals surface area contributed by atoms with Gasteiger partial charge in [0.15, 0.2) is 0 Å². The highest BCUT2D eigenvalue weighted by Gasteiger charge is 2.20. The molecule has 70 heavy (non-hydrogen) atoms. The Bertz CT molecular complexity index is 1090. The highest BCUT2D eigenvalue weighted by Crippen LogP contribution is 2.18. The van der Waals surface area contributed by atoms with Crippen molar-refractivity contribution in [1.29, 1.82) is 0 Å². The summed E-state index contributed by atoms with van der Waals surface area (Å²) in [6.45, 7) is 4.93. The van der Waals surface area contributed by atoms with Crippen LogP contribution >= 0.6 is 0 Å². The van der Waals surface area contributed by atoms with E-state index in [1.807, 2.05) is 0 Å². The van der Waals surface area contributed by atoms with Crippen molar-refractivity contribution >= 4 is 11.9 Å². The zero-order valence-electron chi connectivity index (χ0n) is 47.3. The Morgan fingerprint density at radius 3 is 1.04 bits per heavy atom. The van der Waals surface area contributed by atoms with Crippen LogP contribution in [-0.2, 0) is 14.3 Å². The third kappa shape index (κ3) is 55.7. The second kappa shape index (κ2) is 59.9. The largest absolute Gasteiger partial charge is 0.466 e. The molecule has 0 saturated carbocycles. The molecule has 3 N–H and O–H groups in total. The van der Waals surface area contributed by atoms with Gasteiger partial charge in [0.1, 0.15) is 0 Å². The number of aliphatic hydroxyl groups excluding tert-OH is 2. The topological polar surface area (TPSA) is 95.9 Å². The van der Waals surface area contributed by atoms with Crippen LogP contribution < -0.4 is 5.32 Å². The smallest absolute Gasteiger partial charge is 0.305 e. The Labute approximate surface area is 437 Å². The maximum atomic E-state index is 12.5. The number of carbonyl (C=O) groups excluding carboxylic acids is 2. The number of amides is 1. The number of hydrogen-bond acceptors (Lipinski definition) is 5. The molecule has 0 aromatic carbocycles. The first-order valence-electron chi connectivity index (χ1n) is 31.6. The summed E-state index contributed by atoms with van der Waals surface area (Å²) in [5.41, 5.74) is 0. The lowest BCUT2D eigenvalue weighted by atomic mass is 10.0. The number of nitrogens with one attached hydrogen (secondary N) is 1. The number of ether oxygens (including phenoxy) is 1. The summed E-state index contributed by atoms with van der Waals surface area (Å²) in [7, 11) is 0. The molecule has 6 nitrogen and oxygen atoms in total. The van der Waals surface area contributed by atoms with Gasteiger partial charge in [-0.25, -0.2) is 0 Å². The van der Waals surface area contributed by atoms with Gasteiger partial charge >= 0.3 is 5.97 Å². The number of esters is 1. The minimum atomic E-state index is -0.674. The van der Waals surface area contributed by atoms with Gasteiger partial charge in [0.25, 0.3) is 0 Å². The van der Waals surface area contributed by atoms with Crippen LogP contribution in [0.4, 0.5) is 0 Å². The number of rotatable bonds is 59. The van der Waals surface area contributed by atoms with E-state index in [9.17, 15) is 19.8 Å². The van der Waals surface area contributed by atoms with Crippen LogP contribution in [-0.4, -0.2) is 47.4 Å². The predicted molar refractivity (Wildman–Crippen MR) is 306 cm³/mol. The summed E-state index contributed by atoms with van der Waals surface area (Å²) < 4.78 is 5.45. The van der Waals surface area contributed by atoms with Gasteiger partial charge in [0, 0.05) is 12.8 Å². The van der Waals surface area contributed by atoms with E-state index >= 15 is 0 Å². The van der Waals surface area contributed by atoms with E-state index in [1.54, 1.807) is 0 Å². The van der Waals surface area contributed by atoms with Crippen molar-refractivity contribution in [2.75, 3.05) is 13.2 Å².